The monoisotopic (exact) mass is 481 g/mol. The molecular formula is C22H16BrN3O5. The summed E-state index contributed by atoms with van der Waals surface area (Å²) in [7, 11) is 0. The van der Waals surface area contributed by atoms with Gasteiger partial charge in [0.05, 0.1) is 23.1 Å². The molecule has 0 saturated carbocycles. The predicted octanol–water partition coefficient (Wildman–Crippen LogP) is 4.27. The molecule has 3 aromatic carbocycles. The van der Waals surface area contributed by atoms with Gasteiger partial charge in [0.1, 0.15) is 5.75 Å². The lowest BCUT2D eigenvalue weighted by atomic mass is 10.1. The molecule has 0 aromatic heterocycles. The van der Waals surface area contributed by atoms with Crippen LogP contribution in [0.1, 0.15) is 21.5 Å². The van der Waals surface area contributed by atoms with Crippen LogP contribution in [0.3, 0.4) is 0 Å². The van der Waals surface area contributed by atoms with Crippen molar-refractivity contribution < 1.29 is 19.2 Å². The second kappa shape index (κ2) is 10.3. The van der Waals surface area contributed by atoms with Gasteiger partial charge in [-0.05, 0) is 63.5 Å². The maximum Gasteiger partial charge on any atom is 0.344 e. The van der Waals surface area contributed by atoms with Crippen LogP contribution in [0.5, 0.6) is 5.75 Å². The molecule has 1 N–H and O–H groups in total. The van der Waals surface area contributed by atoms with E-state index in [1.165, 1.54) is 30.5 Å². The van der Waals surface area contributed by atoms with Gasteiger partial charge >= 0.3 is 5.97 Å². The van der Waals surface area contributed by atoms with E-state index in [9.17, 15) is 19.7 Å². The van der Waals surface area contributed by atoms with Crippen LogP contribution >= 0.6 is 15.9 Å². The van der Waals surface area contributed by atoms with E-state index in [4.69, 9.17) is 4.74 Å². The highest BCUT2D eigenvalue weighted by atomic mass is 79.9. The number of rotatable bonds is 7. The Morgan fingerprint density at radius 2 is 1.71 bits per heavy atom. The Morgan fingerprint density at radius 3 is 2.35 bits per heavy atom. The number of nitro groups is 1. The zero-order valence-corrected chi connectivity index (χ0v) is 17.6. The maximum absolute atomic E-state index is 12.2. The van der Waals surface area contributed by atoms with Crippen molar-refractivity contribution in [3.8, 4) is 5.75 Å². The van der Waals surface area contributed by atoms with Crippen LogP contribution in [0.15, 0.2) is 82.4 Å². The molecule has 0 fully saturated rings. The number of hydrogen-bond acceptors (Lipinski definition) is 6. The van der Waals surface area contributed by atoms with Crippen molar-refractivity contribution in [2.45, 2.75) is 6.42 Å². The number of hydrogen-bond donors (Lipinski definition) is 1. The molecule has 1 amide bonds. The second-order valence-corrected chi connectivity index (χ2v) is 7.19. The van der Waals surface area contributed by atoms with E-state index in [1.807, 2.05) is 0 Å². The van der Waals surface area contributed by atoms with Crippen LogP contribution < -0.4 is 10.2 Å². The third-order valence-corrected chi connectivity index (χ3v) is 4.79. The number of amides is 1. The van der Waals surface area contributed by atoms with Crippen molar-refractivity contribution in [2.24, 2.45) is 5.10 Å². The van der Waals surface area contributed by atoms with Crippen LogP contribution in [0, 0.1) is 10.1 Å². The molecule has 0 spiro atoms. The van der Waals surface area contributed by atoms with Gasteiger partial charge in [-0.25, -0.2) is 10.2 Å². The first-order valence-corrected chi connectivity index (χ1v) is 9.83. The Hall–Kier alpha value is -3.85. The summed E-state index contributed by atoms with van der Waals surface area (Å²) < 4.78 is 5.99. The SMILES string of the molecule is O=C(Cc1ccc([N+](=O)[O-])cc1)NN=Cc1ccc(OC(=O)c2ccccc2Br)cc1. The summed E-state index contributed by atoms with van der Waals surface area (Å²) in [5.74, 6) is -0.461. The predicted molar refractivity (Wildman–Crippen MR) is 118 cm³/mol. The number of hydrazone groups is 1. The number of benzene rings is 3. The molecule has 31 heavy (non-hydrogen) atoms. The van der Waals surface area contributed by atoms with Crippen LogP contribution in [0.4, 0.5) is 5.69 Å². The Morgan fingerprint density at radius 1 is 1.03 bits per heavy atom. The number of nitro benzene ring substituents is 1. The van der Waals surface area contributed by atoms with E-state index in [2.05, 4.69) is 26.5 Å². The van der Waals surface area contributed by atoms with Crippen LogP contribution in [0.25, 0.3) is 0 Å². The highest BCUT2D eigenvalue weighted by Crippen LogP contribution is 2.19. The highest BCUT2D eigenvalue weighted by molar-refractivity contribution is 9.10. The van der Waals surface area contributed by atoms with Crippen molar-refractivity contribution >= 4 is 39.7 Å². The average Bonchev–Trinajstić information content (AvgIpc) is 2.75. The van der Waals surface area contributed by atoms with Gasteiger partial charge in [-0.15, -0.1) is 0 Å². The van der Waals surface area contributed by atoms with Crippen LogP contribution in [-0.2, 0) is 11.2 Å². The molecule has 3 aromatic rings. The second-order valence-electron chi connectivity index (χ2n) is 6.33. The number of ether oxygens (including phenoxy) is 1. The largest absolute Gasteiger partial charge is 0.423 e. The lowest BCUT2D eigenvalue weighted by Gasteiger charge is -2.06. The zero-order chi connectivity index (χ0) is 22.2. The molecular weight excluding hydrogens is 466 g/mol. The quantitative estimate of drug-likeness (QED) is 0.178. The average molecular weight is 482 g/mol. The standard InChI is InChI=1S/C22H16BrN3O5/c23-20-4-2-1-3-19(20)22(28)31-18-11-7-16(8-12-18)14-24-25-21(27)13-15-5-9-17(10-6-15)26(29)30/h1-12,14H,13H2,(H,25,27). The number of non-ortho nitro benzene ring substituents is 1. The molecule has 0 aliphatic rings. The van der Waals surface area contributed by atoms with Gasteiger partial charge < -0.3 is 4.74 Å². The van der Waals surface area contributed by atoms with Crippen molar-refractivity contribution in [1.29, 1.82) is 0 Å². The molecule has 156 valence electrons. The number of esters is 1. The van der Waals surface area contributed by atoms with Crippen molar-refractivity contribution in [3.63, 3.8) is 0 Å². The third kappa shape index (κ3) is 6.31. The van der Waals surface area contributed by atoms with E-state index < -0.39 is 10.9 Å². The van der Waals surface area contributed by atoms with Crippen molar-refractivity contribution in [1.82, 2.24) is 5.43 Å². The van der Waals surface area contributed by atoms with E-state index in [-0.39, 0.29) is 18.0 Å². The molecule has 3 rings (SSSR count). The summed E-state index contributed by atoms with van der Waals surface area (Å²) in [6, 6.07) is 19.3. The highest BCUT2D eigenvalue weighted by Gasteiger charge is 2.11. The van der Waals surface area contributed by atoms with Crippen LogP contribution in [-0.4, -0.2) is 23.0 Å². The number of carbonyl (C=O) groups is 2. The summed E-state index contributed by atoms with van der Waals surface area (Å²) >= 11 is 3.31. The lowest BCUT2D eigenvalue weighted by Crippen LogP contribution is -2.19. The van der Waals surface area contributed by atoms with Gasteiger partial charge in [0.2, 0.25) is 5.91 Å². The molecule has 0 aliphatic heterocycles. The smallest absolute Gasteiger partial charge is 0.344 e. The molecule has 0 atom stereocenters. The summed E-state index contributed by atoms with van der Waals surface area (Å²) in [4.78, 5) is 34.3. The van der Waals surface area contributed by atoms with E-state index in [1.54, 1.807) is 48.5 Å². The number of halogens is 1. The van der Waals surface area contributed by atoms with Crippen LogP contribution in [0.2, 0.25) is 0 Å². The van der Waals surface area contributed by atoms with E-state index in [0.717, 1.165) is 0 Å². The Kier molecular flexibility index (Phi) is 7.23. The first-order valence-electron chi connectivity index (χ1n) is 9.04. The van der Waals surface area contributed by atoms with Gasteiger partial charge in [-0.3, -0.25) is 14.9 Å². The number of nitrogens with one attached hydrogen (secondary N) is 1. The molecule has 0 bridgehead atoms. The Labute approximate surface area is 185 Å². The molecule has 0 saturated heterocycles. The fourth-order valence-electron chi connectivity index (χ4n) is 2.55. The van der Waals surface area contributed by atoms with Crippen molar-refractivity contribution in [2.75, 3.05) is 0 Å². The van der Waals surface area contributed by atoms with Gasteiger partial charge in [-0.2, -0.15) is 5.10 Å². The first kappa shape index (κ1) is 21.8. The van der Waals surface area contributed by atoms with Crippen molar-refractivity contribution in [3.05, 3.63) is 104 Å². The molecule has 8 nitrogen and oxygen atoms in total. The minimum absolute atomic E-state index is 0.0345. The number of carbonyl (C=O) groups excluding carboxylic acids is 2. The summed E-state index contributed by atoms with van der Waals surface area (Å²) in [6.45, 7) is 0. The Balaban J connectivity index is 1.51. The Bertz CT molecular complexity index is 1130. The van der Waals surface area contributed by atoms with Gasteiger partial charge in [0.15, 0.2) is 0 Å². The van der Waals surface area contributed by atoms with Gasteiger partial charge in [0, 0.05) is 16.6 Å². The van der Waals surface area contributed by atoms with Gasteiger partial charge in [-0.1, -0.05) is 24.3 Å². The normalized spacial score (nSPS) is 10.6. The number of nitrogens with zero attached hydrogens (tertiary/aromatic N) is 2. The summed E-state index contributed by atoms with van der Waals surface area (Å²) in [6.07, 6.45) is 1.49. The summed E-state index contributed by atoms with van der Waals surface area (Å²) in [5.41, 5.74) is 4.11. The summed E-state index contributed by atoms with van der Waals surface area (Å²) in [5, 5.41) is 14.5. The molecule has 9 heteroatoms. The zero-order valence-electron chi connectivity index (χ0n) is 16.0. The van der Waals surface area contributed by atoms with Gasteiger partial charge in [0.25, 0.3) is 5.69 Å². The third-order valence-electron chi connectivity index (χ3n) is 4.10. The molecule has 0 radical (unpaired) electrons. The van der Waals surface area contributed by atoms with E-state index >= 15 is 0 Å². The topological polar surface area (TPSA) is 111 Å². The molecule has 0 heterocycles. The molecule has 0 aliphatic carbocycles. The van der Waals surface area contributed by atoms with E-state index in [0.29, 0.717) is 26.9 Å². The maximum atomic E-state index is 12.2. The minimum atomic E-state index is -0.499. The molecule has 0 unspecified atom stereocenters. The fourth-order valence-corrected chi connectivity index (χ4v) is 3.00. The fraction of sp³-hybridized carbons (Fsp3) is 0.0455. The minimum Gasteiger partial charge on any atom is -0.423 e. The first-order chi connectivity index (χ1) is 14.9. The lowest BCUT2D eigenvalue weighted by molar-refractivity contribution is -0.384.